The maximum absolute atomic E-state index is 12.3. The van der Waals surface area contributed by atoms with Gasteiger partial charge in [-0.25, -0.2) is 4.79 Å². The van der Waals surface area contributed by atoms with Gasteiger partial charge in [-0.15, -0.1) is 0 Å². The van der Waals surface area contributed by atoms with E-state index in [0.29, 0.717) is 43.9 Å². The third-order valence-corrected chi connectivity index (χ3v) is 4.16. The number of H-pyrrole nitrogens is 1. The second kappa shape index (κ2) is 9.85. The summed E-state index contributed by atoms with van der Waals surface area (Å²) in [6.07, 6.45) is 3.40. The number of hydrogen-bond donors (Lipinski definition) is 1. The van der Waals surface area contributed by atoms with E-state index in [9.17, 15) is 9.59 Å². The number of fused-ring (bicyclic) bond motifs is 1. The maximum atomic E-state index is 12.3. The van der Waals surface area contributed by atoms with Gasteiger partial charge in [0.25, 0.3) is 0 Å². The van der Waals surface area contributed by atoms with Gasteiger partial charge in [0.1, 0.15) is 11.4 Å². The van der Waals surface area contributed by atoms with Crippen LogP contribution >= 0.6 is 0 Å². The quantitative estimate of drug-likeness (QED) is 0.511. The summed E-state index contributed by atoms with van der Waals surface area (Å²) in [6.45, 7) is 4.60. The fourth-order valence-corrected chi connectivity index (χ4v) is 2.81. The third-order valence-electron chi connectivity index (χ3n) is 4.16. The normalized spacial score (nSPS) is 10.7. The molecule has 6 heteroatoms. The summed E-state index contributed by atoms with van der Waals surface area (Å²) in [4.78, 5) is 27.2. The number of hydrogen-bond acceptors (Lipinski definition) is 5. The molecule has 0 aliphatic rings. The van der Waals surface area contributed by atoms with Gasteiger partial charge in [0.15, 0.2) is 0 Å². The molecule has 26 heavy (non-hydrogen) atoms. The van der Waals surface area contributed by atoms with E-state index in [-0.39, 0.29) is 11.9 Å². The van der Waals surface area contributed by atoms with Crippen molar-refractivity contribution in [3.63, 3.8) is 0 Å². The molecule has 0 amide bonds. The molecule has 0 fully saturated rings. The van der Waals surface area contributed by atoms with E-state index in [0.717, 1.165) is 29.3 Å². The van der Waals surface area contributed by atoms with Crippen LogP contribution in [-0.4, -0.2) is 37.2 Å². The maximum Gasteiger partial charge on any atom is 0.355 e. The first kappa shape index (κ1) is 19.8. The number of nitrogens with one attached hydrogen (secondary N) is 1. The van der Waals surface area contributed by atoms with Crippen molar-refractivity contribution in [2.24, 2.45) is 0 Å². The number of carbonyl (C=O) groups excluding carboxylic acids is 2. The SMILES string of the molecule is CCCCOC(=O)CCCc1c(C(=O)OCC)[nH]c2cc(OC)ccc12. The molecular weight excluding hydrogens is 334 g/mol. The molecule has 1 N–H and O–H groups in total. The minimum atomic E-state index is -0.386. The number of carbonyl (C=O) groups is 2. The molecular formula is C20H27NO5. The lowest BCUT2D eigenvalue weighted by Crippen LogP contribution is -2.09. The van der Waals surface area contributed by atoms with Crippen LogP contribution in [0.3, 0.4) is 0 Å². The van der Waals surface area contributed by atoms with Crippen LogP contribution in [0.15, 0.2) is 18.2 Å². The average molecular weight is 361 g/mol. The van der Waals surface area contributed by atoms with Gasteiger partial charge in [-0.1, -0.05) is 13.3 Å². The second-order valence-electron chi connectivity index (χ2n) is 6.04. The number of aromatic amines is 1. The van der Waals surface area contributed by atoms with Gasteiger partial charge in [-0.3, -0.25) is 4.79 Å². The zero-order chi connectivity index (χ0) is 18.9. The Hall–Kier alpha value is -2.50. The van der Waals surface area contributed by atoms with Crippen LogP contribution < -0.4 is 4.74 Å². The molecule has 0 saturated heterocycles. The van der Waals surface area contributed by atoms with Gasteiger partial charge in [-0.2, -0.15) is 0 Å². The van der Waals surface area contributed by atoms with Gasteiger partial charge in [-0.05, 0) is 43.9 Å². The van der Waals surface area contributed by atoms with E-state index in [1.54, 1.807) is 14.0 Å². The van der Waals surface area contributed by atoms with Crippen molar-refractivity contribution < 1.29 is 23.8 Å². The van der Waals surface area contributed by atoms with E-state index >= 15 is 0 Å². The number of esters is 2. The van der Waals surface area contributed by atoms with Crippen molar-refractivity contribution in [2.75, 3.05) is 20.3 Å². The van der Waals surface area contributed by atoms with Crippen molar-refractivity contribution in [2.45, 2.75) is 46.0 Å². The molecule has 0 spiro atoms. The molecule has 2 aromatic rings. The molecule has 1 aromatic carbocycles. The number of methoxy groups -OCH3 is 1. The molecule has 0 saturated carbocycles. The fourth-order valence-electron chi connectivity index (χ4n) is 2.81. The highest BCUT2D eigenvalue weighted by Crippen LogP contribution is 2.28. The molecule has 0 bridgehead atoms. The highest BCUT2D eigenvalue weighted by atomic mass is 16.5. The Balaban J connectivity index is 2.14. The van der Waals surface area contributed by atoms with Gasteiger partial charge < -0.3 is 19.2 Å². The second-order valence-corrected chi connectivity index (χ2v) is 6.04. The molecule has 0 aliphatic carbocycles. The summed E-state index contributed by atoms with van der Waals surface area (Å²) in [5.74, 6) is 0.126. The van der Waals surface area contributed by atoms with Crippen LogP contribution in [0.25, 0.3) is 10.9 Å². The molecule has 1 aromatic heterocycles. The minimum absolute atomic E-state index is 0.197. The van der Waals surface area contributed by atoms with E-state index < -0.39 is 0 Å². The van der Waals surface area contributed by atoms with E-state index in [4.69, 9.17) is 14.2 Å². The van der Waals surface area contributed by atoms with Gasteiger partial charge in [0.2, 0.25) is 0 Å². The van der Waals surface area contributed by atoms with Gasteiger partial charge >= 0.3 is 11.9 Å². The first-order chi connectivity index (χ1) is 12.6. The fraction of sp³-hybridized carbons (Fsp3) is 0.500. The number of aryl methyl sites for hydroxylation is 1. The van der Waals surface area contributed by atoms with Crippen LogP contribution in [0.5, 0.6) is 5.75 Å². The molecule has 0 radical (unpaired) electrons. The third kappa shape index (κ3) is 5.00. The summed E-state index contributed by atoms with van der Waals surface area (Å²) in [5.41, 5.74) is 2.12. The number of ether oxygens (including phenoxy) is 3. The van der Waals surface area contributed by atoms with Crippen LogP contribution in [-0.2, 0) is 20.7 Å². The zero-order valence-electron chi connectivity index (χ0n) is 15.7. The first-order valence-corrected chi connectivity index (χ1v) is 9.12. The van der Waals surface area contributed by atoms with Gasteiger partial charge in [0, 0.05) is 17.9 Å². The van der Waals surface area contributed by atoms with Crippen molar-refractivity contribution in [3.05, 3.63) is 29.5 Å². The predicted octanol–water partition coefficient (Wildman–Crippen LogP) is 4.02. The monoisotopic (exact) mass is 361 g/mol. The van der Waals surface area contributed by atoms with Crippen molar-refractivity contribution in [1.29, 1.82) is 0 Å². The first-order valence-electron chi connectivity index (χ1n) is 9.12. The number of unbranched alkanes of at least 4 members (excludes halogenated alkanes) is 1. The Morgan fingerprint density at radius 2 is 1.92 bits per heavy atom. The minimum Gasteiger partial charge on any atom is -0.497 e. The number of rotatable bonds is 10. The molecule has 2 rings (SSSR count). The highest BCUT2D eigenvalue weighted by Gasteiger charge is 2.19. The topological polar surface area (TPSA) is 77.6 Å². The molecule has 0 atom stereocenters. The van der Waals surface area contributed by atoms with Gasteiger partial charge in [0.05, 0.1) is 25.8 Å². The smallest absolute Gasteiger partial charge is 0.355 e. The van der Waals surface area contributed by atoms with Crippen molar-refractivity contribution >= 4 is 22.8 Å². The molecule has 1 heterocycles. The molecule has 0 aliphatic heterocycles. The molecule has 6 nitrogen and oxygen atoms in total. The molecule has 142 valence electrons. The molecule has 0 unspecified atom stereocenters. The summed E-state index contributed by atoms with van der Waals surface area (Å²) >= 11 is 0. The van der Waals surface area contributed by atoms with E-state index in [2.05, 4.69) is 11.9 Å². The van der Waals surface area contributed by atoms with E-state index in [1.807, 2.05) is 18.2 Å². The standard InChI is InChI=1S/C20H27NO5/c1-4-6-12-26-18(22)9-7-8-16-15-11-10-14(24-3)13-17(15)21-19(16)20(23)25-5-2/h10-11,13,21H,4-9,12H2,1-3H3. The number of aromatic nitrogens is 1. The lowest BCUT2D eigenvalue weighted by molar-refractivity contribution is -0.143. The summed E-state index contributed by atoms with van der Waals surface area (Å²) < 4.78 is 15.6. The Kier molecular flexibility index (Phi) is 7.51. The summed E-state index contributed by atoms with van der Waals surface area (Å²) in [7, 11) is 1.60. The zero-order valence-corrected chi connectivity index (χ0v) is 15.7. The van der Waals surface area contributed by atoms with Crippen LogP contribution in [0.1, 0.15) is 55.6 Å². The van der Waals surface area contributed by atoms with Crippen LogP contribution in [0.2, 0.25) is 0 Å². The van der Waals surface area contributed by atoms with Crippen LogP contribution in [0, 0.1) is 0 Å². The van der Waals surface area contributed by atoms with Crippen molar-refractivity contribution in [1.82, 2.24) is 4.98 Å². The largest absolute Gasteiger partial charge is 0.497 e. The predicted molar refractivity (Wildman–Crippen MR) is 99.6 cm³/mol. The van der Waals surface area contributed by atoms with Crippen LogP contribution in [0.4, 0.5) is 0 Å². The Bertz CT molecular complexity index is 750. The summed E-state index contributed by atoms with van der Waals surface area (Å²) in [5, 5.41) is 0.938. The van der Waals surface area contributed by atoms with Crippen molar-refractivity contribution in [3.8, 4) is 5.75 Å². The number of benzene rings is 1. The Morgan fingerprint density at radius 3 is 2.62 bits per heavy atom. The van der Waals surface area contributed by atoms with E-state index in [1.165, 1.54) is 0 Å². The average Bonchev–Trinajstić information content (AvgIpc) is 3.00. The Labute approximate surface area is 153 Å². The Morgan fingerprint density at radius 1 is 1.12 bits per heavy atom. The lowest BCUT2D eigenvalue weighted by atomic mass is 10.0. The summed E-state index contributed by atoms with van der Waals surface area (Å²) in [6, 6.07) is 5.62. The highest BCUT2D eigenvalue weighted by molar-refractivity contribution is 5.98. The lowest BCUT2D eigenvalue weighted by Gasteiger charge is -2.06.